The van der Waals surface area contributed by atoms with Crippen molar-refractivity contribution in [3.63, 3.8) is 0 Å². The molecule has 0 aliphatic rings. The van der Waals surface area contributed by atoms with Gasteiger partial charge >= 0.3 is 0 Å². The van der Waals surface area contributed by atoms with Crippen molar-refractivity contribution in [1.82, 2.24) is 9.88 Å². The molecule has 0 amide bonds. The van der Waals surface area contributed by atoms with Gasteiger partial charge in [0.25, 0.3) is 0 Å². The van der Waals surface area contributed by atoms with Crippen LogP contribution >= 0.6 is 0 Å². The van der Waals surface area contributed by atoms with Crippen LogP contribution < -0.4 is 5.73 Å². The van der Waals surface area contributed by atoms with Crippen LogP contribution in [0.15, 0.2) is 18.3 Å². The summed E-state index contributed by atoms with van der Waals surface area (Å²) in [4.78, 5) is 6.68. The number of nitrogens with zero attached hydrogens (tertiary/aromatic N) is 2. The van der Waals surface area contributed by atoms with Gasteiger partial charge in [-0.25, -0.2) is 0 Å². The molecule has 1 rings (SSSR count). The number of rotatable bonds is 6. The average molecular weight is 207 g/mol. The molecule has 2 N–H and O–H groups in total. The lowest BCUT2D eigenvalue weighted by molar-refractivity contribution is 0.317. The Morgan fingerprint density at radius 1 is 1.40 bits per heavy atom. The Morgan fingerprint density at radius 2 is 2.20 bits per heavy atom. The van der Waals surface area contributed by atoms with Crippen molar-refractivity contribution in [2.24, 2.45) is 5.73 Å². The summed E-state index contributed by atoms with van der Waals surface area (Å²) in [6.45, 7) is 4.84. The van der Waals surface area contributed by atoms with Crippen molar-refractivity contribution >= 4 is 0 Å². The highest BCUT2D eigenvalue weighted by atomic mass is 15.1. The van der Waals surface area contributed by atoms with E-state index in [1.165, 1.54) is 12.8 Å². The largest absolute Gasteiger partial charge is 0.326 e. The van der Waals surface area contributed by atoms with Gasteiger partial charge in [0.15, 0.2) is 0 Å². The number of pyridine rings is 1. The molecular formula is C12H21N3. The minimum atomic E-state index is 0.568. The maximum absolute atomic E-state index is 5.52. The van der Waals surface area contributed by atoms with E-state index < -0.39 is 0 Å². The van der Waals surface area contributed by atoms with Crippen molar-refractivity contribution in [3.8, 4) is 0 Å². The Labute approximate surface area is 92.3 Å². The van der Waals surface area contributed by atoms with Gasteiger partial charge in [-0.1, -0.05) is 19.4 Å². The first kappa shape index (κ1) is 12.1. The molecule has 0 atom stereocenters. The summed E-state index contributed by atoms with van der Waals surface area (Å²) in [6.07, 6.45) is 4.35. The van der Waals surface area contributed by atoms with Crippen LogP contribution in [0.5, 0.6) is 0 Å². The predicted octanol–water partition coefficient (Wildman–Crippen LogP) is 1.77. The summed E-state index contributed by atoms with van der Waals surface area (Å²) >= 11 is 0. The van der Waals surface area contributed by atoms with E-state index >= 15 is 0 Å². The van der Waals surface area contributed by atoms with E-state index in [9.17, 15) is 0 Å². The molecule has 0 saturated carbocycles. The monoisotopic (exact) mass is 207 g/mol. The van der Waals surface area contributed by atoms with Crippen LogP contribution in [0.3, 0.4) is 0 Å². The van der Waals surface area contributed by atoms with Gasteiger partial charge in [0, 0.05) is 19.3 Å². The van der Waals surface area contributed by atoms with E-state index in [1.54, 1.807) is 0 Å². The van der Waals surface area contributed by atoms with Crippen molar-refractivity contribution in [2.75, 3.05) is 13.6 Å². The zero-order valence-electron chi connectivity index (χ0n) is 9.74. The minimum Gasteiger partial charge on any atom is -0.326 e. The van der Waals surface area contributed by atoms with Crippen molar-refractivity contribution in [2.45, 2.75) is 32.9 Å². The average Bonchev–Trinajstić information content (AvgIpc) is 2.27. The van der Waals surface area contributed by atoms with Crippen LogP contribution in [-0.2, 0) is 13.1 Å². The second-order valence-corrected chi connectivity index (χ2v) is 3.95. The molecule has 0 saturated heterocycles. The third kappa shape index (κ3) is 4.40. The molecule has 3 nitrogen and oxygen atoms in total. The fourth-order valence-electron chi connectivity index (χ4n) is 1.45. The van der Waals surface area contributed by atoms with Crippen LogP contribution in [0.1, 0.15) is 31.0 Å². The molecule has 0 aromatic carbocycles. The van der Waals surface area contributed by atoms with Crippen LogP contribution in [0.2, 0.25) is 0 Å². The fourth-order valence-corrected chi connectivity index (χ4v) is 1.45. The summed E-state index contributed by atoms with van der Waals surface area (Å²) in [5.41, 5.74) is 7.73. The lowest BCUT2D eigenvalue weighted by Gasteiger charge is -2.15. The van der Waals surface area contributed by atoms with Crippen molar-refractivity contribution in [1.29, 1.82) is 0 Å². The van der Waals surface area contributed by atoms with Gasteiger partial charge in [0.05, 0.1) is 5.69 Å². The number of unbranched alkanes of at least 4 members (excludes halogenated alkanes) is 1. The summed E-state index contributed by atoms with van der Waals surface area (Å²) in [6, 6.07) is 4.11. The lowest BCUT2D eigenvalue weighted by Crippen LogP contribution is -2.19. The molecule has 0 bridgehead atoms. The van der Waals surface area contributed by atoms with E-state index in [4.69, 9.17) is 5.73 Å². The maximum atomic E-state index is 5.52. The topological polar surface area (TPSA) is 42.1 Å². The summed E-state index contributed by atoms with van der Waals surface area (Å²) in [5.74, 6) is 0. The molecule has 0 fully saturated rings. The van der Waals surface area contributed by atoms with Gasteiger partial charge in [-0.05, 0) is 31.6 Å². The molecule has 0 aliphatic heterocycles. The molecule has 84 valence electrons. The highest BCUT2D eigenvalue weighted by Crippen LogP contribution is 2.03. The number of hydrogen-bond acceptors (Lipinski definition) is 3. The molecule has 1 aromatic rings. The number of nitrogens with two attached hydrogens (primary N) is 1. The standard InChI is InChI=1S/C12H21N3/c1-3-4-7-15(2)10-12-6-5-11(8-13)9-14-12/h5-6,9H,3-4,7-8,10,13H2,1-2H3. The first-order valence-electron chi connectivity index (χ1n) is 5.58. The molecule has 0 aliphatic carbocycles. The molecule has 15 heavy (non-hydrogen) atoms. The Morgan fingerprint density at radius 3 is 2.73 bits per heavy atom. The predicted molar refractivity (Wildman–Crippen MR) is 63.4 cm³/mol. The van der Waals surface area contributed by atoms with Gasteiger partial charge in [0.1, 0.15) is 0 Å². The second kappa shape index (κ2) is 6.53. The van der Waals surface area contributed by atoms with Crippen molar-refractivity contribution in [3.05, 3.63) is 29.6 Å². The van der Waals surface area contributed by atoms with E-state index in [2.05, 4.69) is 36.0 Å². The zero-order valence-corrected chi connectivity index (χ0v) is 9.74. The van der Waals surface area contributed by atoms with Gasteiger partial charge in [0.2, 0.25) is 0 Å². The molecule has 3 heteroatoms. The van der Waals surface area contributed by atoms with Gasteiger partial charge in [-0.15, -0.1) is 0 Å². The molecule has 1 aromatic heterocycles. The Hall–Kier alpha value is -0.930. The summed E-state index contributed by atoms with van der Waals surface area (Å²) in [5, 5.41) is 0. The highest BCUT2D eigenvalue weighted by molar-refractivity contribution is 5.13. The first-order valence-corrected chi connectivity index (χ1v) is 5.58. The van der Waals surface area contributed by atoms with Crippen LogP contribution in [0, 0.1) is 0 Å². The van der Waals surface area contributed by atoms with E-state index in [0.717, 1.165) is 24.3 Å². The quantitative estimate of drug-likeness (QED) is 0.773. The third-order valence-corrected chi connectivity index (χ3v) is 2.45. The van der Waals surface area contributed by atoms with Crippen LogP contribution in [0.4, 0.5) is 0 Å². The molecular weight excluding hydrogens is 186 g/mol. The normalized spacial score (nSPS) is 10.9. The first-order chi connectivity index (χ1) is 7.26. The minimum absolute atomic E-state index is 0.568. The Kier molecular flexibility index (Phi) is 5.29. The summed E-state index contributed by atoms with van der Waals surface area (Å²) < 4.78 is 0. The maximum Gasteiger partial charge on any atom is 0.0544 e. The Bertz CT molecular complexity index is 269. The fraction of sp³-hybridized carbons (Fsp3) is 0.583. The van der Waals surface area contributed by atoms with Crippen LogP contribution in [0.25, 0.3) is 0 Å². The third-order valence-electron chi connectivity index (χ3n) is 2.45. The van der Waals surface area contributed by atoms with Gasteiger partial charge in [-0.2, -0.15) is 0 Å². The summed E-state index contributed by atoms with van der Waals surface area (Å²) in [7, 11) is 2.13. The number of aromatic nitrogens is 1. The molecule has 1 heterocycles. The van der Waals surface area contributed by atoms with E-state index in [1.807, 2.05) is 6.20 Å². The highest BCUT2D eigenvalue weighted by Gasteiger charge is 2.00. The lowest BCUT2D eigenvalue weighted by atomic mass is 10.2. The van der Waals surface area contributed by atoms with E-state index in [0.29, 0.717) is 6.54 Å². The Balaban J connectivity index is 2.42. The molecule has 0 unspecified atom stereocenters. The smallest absolute Gasteiger partial charge is 0.0544 e. The van der Waals surface area contributed by atoms with Crippen LogP contribution in [-0.4, -0.2) is 23.5 Å². The number of hydrogen-bond donors (Lipinski definition) is 1. The van der Waals surface area contributed by atoms with E-state index in [-0.39, 0.29) is 0 Å². The molecule has 0 radical (unpaired) electrons. The second-order valence-electron chi connectivity index (χ2n) is 3.95. The molecule has 0 spiro atoms. The van der Waals surface area contributed by atoms with Gasteiger partial charge in [-0.3, -0.25) is 4.98 Å². The van der Waals surface area contributed by atoms with Crippen molar-refractivity contribution < 1.29 is 0 Å². The zero-order chi connectivity index (χ0) is 11.1. The SMILES string of the molecule is CCCCN(C)Cc1ccc(CN)cn1. The van der Waals surface area contributed by atoms with Gasteiger partial charge < -0.3 is 10.6 Å².